The van der Waals surface area contributed by atoms with Crippen molar-refractivity contribution in [2.45, 2.75) is 25.8 Å². The molecule has 4 rings (SSSR count). The molecule has 128 valence electrons. The molecule has 2 aromatic heterocycles. The average Bonchev–Trinajstić information content (AvgIpc) is 3.35. The third-order valence-corrected chi connectivity index (χ3v) is 5.89. The summed E-state index contributed by atoms with van der Waals surface area (Å²) in [5.41, 5.74) is 1.75. The second-order valence-electron chi connectivity index (χ2n) is 6.11. The van der Waals surface area contributed by atoms with Gasteiger partial charge in [-0.15, -0.1) is 11.3 Å². The number of thiophene rings is 1. The first-order valence-corrected chi connectivity index (χ1v) is 9.48. The van der Waals surface area contributed by atoms with Gasteiger partial charge in [-0.05, 0) is 37.3 Å². The molecule has 3 heterocycles. The molecule has 1 fully saturated rings. The summed E-state index contributed by atoms with van der Waals surface area (Å²) in [5, 5.41) is 6.73. The van der Waals surface area contributed by atoms with E-state index in [4.69, 9.17) is 16.1 Å². The molecule has 0 aliphatic carbocycles. The topological polar surface area (TPSA) is 46.3 Å². The third kappa shape index (κ3) is 2.87. The van der Waals surface area contributed by atoms with Crippen molar-refractivity contribution in [3.05, 3.63) is 63.0 Å². The van der Waals surface area contributed by atoms with Gasteiger partial charge in [0.15, 0.2) is 0 Å². The Kier molecular flexibility index (Phi) is 4.36. The lowest BCUT2D eigenvalue weighted by Gasteiger charge is -2.24. The highest BCUT2D eigenvalue weighted by molar-refractivity contribution is 7.10. The van der Waals surface area contributed by atoms with Gasteiger partial charge in [0, 0.05) is 17.0 Å². The molecule has 1 atom stereocenters. The molecule has 1 aliphatic heterocycles. The number of likely N-dealkylation sites (tertiary alicyclic amines) is 1. The van der Waals surface area contributed by atoms with Crippen LogP contribution in [0.25, 0.3) is 11.3 Å². The Morgan fingerprint density at radius 3 is 2.92 bits per heavy atom. The molecular weight excluding hydrogens is 356 g/mol. The number of carbonyl (C=O) groups excluding carboxylic acids is 1. The molecule has 0 spiro atoms. The Morgan fingerprint density at radius 2 is 2.16 bits per heavy atom. The van der Waals surface area contributed by atoms with E-state index in [9.17, 15) is 4.79 Å². The molecular formula is C19H17ClN2O2S. The van der Waals surface area contributed by atoms with E-state index in [1.165, 1.54) is 4.88 Å². The van der Waals surface area contributed by atoms with Crippen molar-refractivity contribution in [3.63, 3.8) is 0 Å². The standard InChI is InChI=1S/C19H17ClN2O2S/c1-12-17(18(21-24-12)13-6-2-3-7-14(13)20)19(23)22-10-4-8-15(22)16-9-5-11-25-16/h2-3,5-7,9,11,15H,4,8,10H2,1H3/t15-/m1/s1. The van der Waals surface area contributed by atoms with Crippen LogP contribution in [0.5, 0.6) is 0 Å². The monoisotopic (exact) mass is 372 g/mol. The number of rotatable bonds is 3. The van der Waals surface area contributed by atoms with Crippen LogP contribution in [-0.4, -0.2) is 22.5 Å². The van der Waals surface area contributed by atoms with E-state index >= 15 is 0 Å². The van der Waals surface area contributed by atoms with Crippen molar-refractivity contribution in [1.29, 1.82) is 0 Å². The lowest BCUT2D eigenvalue weighted by Crippen LogP contribution is -2.30. The molecule has 4 nitrogen and oxygen atoms in total. The largest absolute Gasteiger partial charge is 0.360 e. The van der Waals surface area contributed by atoms with E-state index in [0.717, 1.165) is 24.9 Å². The number of halogens is 1. The van der Waals surface area contributed by atoms with Crippen molar-refractivity contribution in [2.24, 2.45) is 0 Å². The lowest BCUT2D eigenvalue weighted by molar-refractivity contribution is 0.0737. The number of hydrogen-bond acceptors (Lipinski definition) is 4. The number of amides is 1. The van der Waals surface area contributed by atoms with Crippen LogP contribution in [-0.2, 0) is 0 Å². The highest BCUT2D eigenvalue weighted by Crippen LogP contribution is 2.38. The first-order valence-electron chi connectivity index (χ1n) is 8.22. The quantitative estimate of drug-likeness (QED) is 0.623. The van der Waals surface area contributed by atoms with E-state index < -0.39 is 0 Å². The zero-order valence-electron chi connectivity index (χ0n) is 13.7. The Hall–Kier alpha value is -2.11. The molecule has 1 aliphatic rings. The van der Waals surface area contributed by atoms with Crippen molar-refractivity contribution in [1.82, 2.24) is 10.1 Å². The van der Waals surface area contributed by atoms with Crippen LogP contribution in [0.15, 0.2) is 46.3 Å². The minimum absolute atomic E-state index is 0.0374. The van der Waals surface area contributed by atoms with Crippen LogP contribution in [0.1, 0.15) is 39.9 Å². The number of aryl methyl sites for hydroxylation is 1. The van der Waals surface area contributed by atoms with E-state index in [-0.39, 0.29) is 11.9 Å². The fourth-order valence-electron chi connectivity index (χ4n) is 3.39. The minimum atomic E-state index is -0.0374. The number of carbonyl (C=O) groups is 1. The Bertz CT molecular complexity index is 904. The van der Waals surface area contributed by atoms with Gasteiger partial charge in [-0.25, -0.2) is 0 Å². The molecule has 1 amide bonds. The zero-order valence-corrected chi connectivity index (χ0v) is 15.3. The maximum absolute atomic E-state index is 13.3. The van der Waals surface area contributed by atoms with Gasteiger partial charge in [-0.1, -0.05) is 41.0 Å². The van der Waals surface area contributed by atoms with Gasteiger partial charge in [0.1, 0.15) is 17.0 Å². The first kappa shape index (κ1) is 16.4. The number of hydrogen-bond donors (Lipinski definition) is 0. The summed E-state index contributed by atoms with van der Waals surface area (Å²) in [6, 6.07) is 11.6. The van der Waals surface area contributed by atoms with Gasteiger partial charge >= 0.3 is 0 Å². The summed E-state index contributed by atoms with van der Waals surface area (Å²) in [7, 11) is 0. The Balaban J connectivity index is 1.74. The van der Waals surface area contributed by atoms with Gasteiger partial charge in [0.25, 0.3) is 5.91 Å². The molecule has 0 saturated carbocycles. The van der Waals surface area contributed by atoms with Crippen LogP contribution >= 0.6 is 22.9 Å². The summed E-state index contributed by atoms with van der Waals surface area (Å²) >= 11 is 8.00. The maximum atomic E-state index is 13.3. The number of aromatic nitrogens is 1. The molecule has 0 bridgehead atoms. The highest BCUT2D eigenvalue weighted by atomic mass is 35.5. The molecule has 0 unspecified atom stereocenters. The van der Waals surface area contributed by atoms with E-state index in [0.29, 0.717) is 22.0 Å². The van der Waals surface area contributed by atoms with Crippen molar-refractivity contribution in [2.75, 3.05) is 6.54 Å². The van der Waals surface area contributed by atoms with Crippen LogP contribution < -0.4 is 0 Å². The van der Waals surface area contributed by atoms with Crippen LogP contribution in [0.4, 0.5) is 0 Å². The second kappa shape index (κ2) is 6.65. The predicted molar refractivity (Wildman–Crippen MR) is 99.0 cm³/mol. The van der Waals surface area contributed by atoms with E-state index in [1.807, 2.05) is 29.2 Å². The van der Waals surface area contributed by atoms with Gasteiger partial charge in [0.2, 0.25) is 0 Å². The smallest absolute Gasteiger partial charge is 0.260 e. The van der Waals surface area contributed by atoms with E-state index in [1.54, 1.807) is 24.3 Å². The zero-order chi connectivity index (χ0) is 17.4. The summed E-state index contributed by atoms with van der Waals surface area (Å²) in [4.78, 5) is 16.5. The molecule has 6 heteroatoms. The van der Waals surface area contributed by atoms with Gasteiger partial charge in [-0.3, -0.25) is 4.79 Å². The fraction of sp³-hybridized carbons (Fsp3) is 0.263. The van der Waals surface area contributed by atoms with Crippen LogP contribution in [0.2, 0.25) is 5.02 Å². The fourth-order valence-corrected chi connectivity index (χ4v) is 4.49. The molecule has 1 aromatic carbocycles. The van der Waals surface area contributed by atoms with E-state index in [2.05, 4.69) is 16.6 Å². The molecule has 0 radical (unpaired) electrons. The third-order valence-electron chi connectivity index (χ3n) is 4.59. The predicted octanol–water partition coefficient (Wildman–Crippen LogP) is 5.34. The highest BCUT2D eigenvalue weighted by Gasteiger charge is 2.35. The molecule has 0 N–H and O–H groups in total. The number of benzene rings is 1. The summed E-state index contributed by atoms with van der Waals surface area (Å²) < 4.78 is 5.36. The minimum Gasteiger partial charge on any atom is -0.360 e. The van der Waals surface area contributed by atoms with Gasteiger partial charge in [-0.2, -0.15) is 0 Å². The normalized spacial score (nSPS) is 17.2. The SMILES string of the molecule is Cc1onc(-c2ccccc2Cl)c1C(=O)N1CCC[C@@H]1c1cccs1. The van der Waals surface area contributed by atoms with Gasteiger partial charge in [0.05, 0.1) is 11.1 Å². The van der Waals surface area contributed by atoms with Crippen molar-refractivity contribution >= 4 is 28.8 Å². The van der Waals surface area contributed by atoms with Crippen LogP contribution in [0.3, 0.4) is 0 Å². The maximum Gasteiger partial charge on any atom is 0.260 e. The van der Waals surface area contributed by atoms with Crippen molar-refractivity contribution in [3.8, 4) is 11.3 Å². The second-order valence-corrected chi connectivity index (χ2v) is 7.50. The molecule has 3 aromatic rings. The Labute approximate surface area is 155 Å². The van der Waals surface area contributed by atoms with Crippen molar-refractivity contribution < 1.29 is 9.32 Å². The van der Waals surface area contributed by atoms with Crippen LogP contribution in [0, 0.1) is 6.92 Å². The summed E-state index contributed by atoms with van der Waals surface area (Å²) in [5.74, 6) is 0.487. The van der Waals surface area contributed by atoms with Gasteiger partial charge < -0.3 is 9.42 Å². The summed E-state index contributed by atoms with van der Waals surface area (Å²) in [6.45, 7) is 2.52. The Morgan fingerprint density at radius 1 is 1.32 bits per heavy atom. The summed E-state index contributed by atoms with van der Waals surface area (Å²) in [6.07, 6.45) is 1.98. The first-order chi connectivity index (χ1) is 12.2. The average molecular weight is 373 g/mol. The number of nitrogens with zero attached hydrogens (tertiary/aromatic N) is 2. The lowest BCUT2D eigenvalue weighted by atomic mass is 10.0. The molecule has 1 saturated heterocycles. The molecule has 25 heavy (non-hydrogen) atoms.